The maximum absolute atomic E-state index is 13.2. The molecule has 424 valence electrons. The van der Waals surface area contributed by atoms with Crippen LogP contribution in [0.5, 0.6) is 0 Å². The highest BCUT2D eigenvalue weighted by atomic mass is 16.8. The van der Waals surface area contributed by atoms with Crippen LogP contribution in [0.1, 0.15) is 187 Å². The molecule has 3 rings (SSSR count). The predicted octanol–water partition coefficient (Wildman–Crippen LogP) is 3.43. The van der Waals surface area contributed by atoms with Gasteiger partial charge in [0.1, 0.15) is 73.2 Å². The maximum Gasteiger partial charge on any atom is 0.220 e. The fraction of sp³-hybridized carbons (Fsp3) is 0.943. The highest BCUT2D eigenvalue weighted by Gasteiger charge is 2.53. The van der Waals surface area contributed by atoms with Gasteiger partial charge in [0.15, 0.2) is 18.9 Å². The molecule has 1 amide bonds. The molecule has 0 bridgehead atoms. The first kappa shape index (κ1) is 64.8. The molecular formula is C53H99NO18. The Bertz CT molecular complexity index is 1380. The first-order valence-electron chi connectivity index (χ1n) is 27.9. The molecule has 0 spiro atoms. The second-order valence-electron chi connectivity index (χ2n) is 20.4. The molecule has 72 heavy (non-hydrogen) atoms. The summed E-state index contributed by atoms with van der Waals surface area (Å²) in [5, 5.41) is 120. The molecule has 3 saturated heterocycles. The van der Waals surface area contributed by atoms with Crippen molar-refractivity contribution in [3.8, 4) is 0 Å². The summed E-state index contributed by atoms with van der Waals surface area (Å²) >= 11 is 0. The lowest BCUT2D eigenvalue weighted by molar-refractivity contribution is -0.379. The van der Waals surface area contributed by atoms with Gasteiger partial charge in [-0.25, -0.2) is 0 Å². The summed E-state index contributed by atoms with van der Waals surface area (Å²) in [6.07, 6.45) is 7.62. The van der Waals surface area contributed by atoms with Gasteiger partial charge in [-0.05, 0) is 38.5 Å². The molecule has 17 atom stereocenters. The molecule has 0 aliphatic carbocycles. The van der Waals surface area contributed by atoms with Gasteiger partial charge in [0.2, 0.25) is 5.91 Å². The van der Waals surface area contributed by atoms with E-state index in [0.29, 0.717) is 12.8 Å². The van der Waals surface area contributed by atoms with E-state index in [9.17, 15) is 61.0 Å². The minimum absolute atomic E-state index is 0.248. The van der Waals surface area contributed by atoms with Gasteiger partial charge >= 0.3 is 0 Å². The minimum atomic E-state index is -1.97. The summed E-state index contributed by atoms with van der Waals surface area (Å²) in [7, 11) is 0. The SMILES string of the molecule is CCCCCCCC/C=C\CCCCCCCCCCCC(=O)NC(COC1OC(CO)C(OC2OC(CO)C(OC3OC(CO)C(O)C(O)C3O)C(O)C2O)C(O)C1O)C(O)CCCCCCCCCC. The Labute approximate surface area is 429 Å². The Morgan fingerprint density at radius 1 is 0.486 bits per heavy atom. The number of aliphatic hydroxyl groups excluding tert-OH is 11. The van der Waals surface area contributed by atoms with E-state index in [0.717, 1.165) is 51.4 Å². The van der Waals surface area contributed by atoms with E-state index in [1.807, 2.05) is 0 Å². The maximum atomic E-state index is 13.2. The smallest absolute Gasteiger partial charge is 0.220 e. The van der Waals surface area contributed by atoms with E-state index in [4.69, 9.17) is 28.4 Å². The number of aliphatic hydroxyl groups is 11. The summed E-state index contributed by atoms with van der Waals surface area (Å²) in [5.74, 6) is -0.248. The topological polar surface area (TPSA) is 307 Å². The first-order valence-corrected chi connectivity index (χ1v) is 27.9. The first-order chi connectivity index (χ1) is 34.8. The monoisotopic (exact) mass is 1040 g/mol. The van der Waals surface area contributed by atoms with Gasteiger partial charge in [-0.1, -0.05) is 154 Å². The Kier molecular flexibility index (Phi) is 34.3. The molecule has 0 saturated carbocycles. The number of allylic oxidation sites excluding steroid dienone is 2. The van der Waals surface area contributed by atoms with Gasteiger partial charge in [-0.15, -0.1) is 0 Å². The summed E-state index contributed by atoms with van der Waals surface area (Å²) in [5.41, 5.74) is 0. The molecule has 0 aromatic heterocycles. The van der Waals surface area contributed by atoms with Gasteiger partial charge in [0.25, 0.3) is 0 Å². The number of ether oxygens (including phenoxy) is 6. The van der Waals surface area contributed by atoms with E-state index < -0.39 is 124 Å². The van der Waals surface area contributed by atoms with Gasteiger partial charge < -0.3 is 89.9 Å². The number of hydrogen-bond donors (Lipinski definition) is 12. The minimum Gasteiger partial charge on any atom is -0.394 e. The van der Waals surface area contributed by atoms with Crippen molar-refractivity contribution in [2.75, 3.05) is 26.4 Å². The van der Waals surface area contributed by atoms with Crippen molar-refractivity contribution in [3.63, 3.8) is 0 Å². The van der Waals surface area contributed by atoms with Crippen LogP contribution < -0.4 is 5.32 Å². The lowest BCUT2D eigenvalue weighted by Crippen LogP contribution is -2.66. The van der Waals surface area contributed by atoms with Crippen LogP contribution in [0.3, 0.4) is 0 Å². The van der Waals surface area contributed by atoms with Gasteiger partial charge in [-0.3, -0.25) is 4.79 Å². The number of amides is 1. The van der Waals surface area contributed by atoms with Crippen molar-refractivity contribution in [1.82, 2.24) is 5.32 Å². The molecule has 0 aromatic carbocycles. The van der Waals surface area contributed by atoms with Crippen molar-refractivity contribution in [1.29, 1.82) is 0 Å². The third-order valence-electron chi connectivity index (χ3n) is 14.3. The molecule has 3 heterocycles. The van der Waals surface area contributed by atoms with E-state index >= 15 is 0 Å². The van der Waals surface area contributed by atoms with Crippen molar-refractivity contribution in [2.45, 2.75) is 291 Å². The van der Waals surface area contributed by atoms with E-state index in [1.165, 1.54) is 103 Å². The molecule has 3 aliphatic rings. The average molecular weight is 1040 g/mol. The predicted molar refractivity (Wildman–Crippen MR) is 268 cm³/mol. The van der Waals surface area contributed by atoms with Gasteiger partial charge in [0, 0.05) is 6.42 Å². The zero-order chi connectivity index (χ0) is 52.7. The second kappa shape index (κ2) is 38.1. The third-order valence-corrected chi connectivity index (χ3v) is 14.3. The van der Waals surface area contributed by atoms with Crippen LogP contribution in [0.15, 0.2) is 12.2 Å². The van der Waals surface area contributed by atoms with Crippen molar-refractivity contribution >= 4 is 5.91 Å². The molecule has 19 heteroatoms. The van der Waals surface area contributed by atoms with E-state index in [2.05, 4.69) is 31.3 Å². The van der Waals surface area contributed by atoms with Crippen molar-refractivity contribution < 1.29 is 89.4 Å². The average Bonchev–Trinajstić information content (AvgIpc) is 3.37. The summed E-state index contributed by atoms with van der Waals surface area (Å²) < 4.78 is 34.2. The standard InChI is InChI=1S/C53H99NO18/c1-3-5-7-9-11-13-14-15-16-17-18-19-20-21-22-23-25-27-29-31-41(59)54-36(37(58)30-28-26-24-12-10-8-6-4-2)35-67-51-47(65)44(62)49(39(33-56)69-51)72-53-48(66)45(63)50(40(34-57)70-53)71-52-46(64)43(61)42(60)38(32-55)68-52/h15-16,36-40,42-53,55-58,60-66H,3-14,17-35H2,1-2H3,(H,54,59)/b16-15-. The molecule has 0 radical (unpaired) electrons. The molecule has 17 unspecified atom stereocenters. The largest absolute Gasteiger partial charge is 0.394 e. The summed E-state index contributed by atoms with van der Waals surface area (Å²) in [6, 6.07) is -0.881. The van der Waals surface area contributed by atoms with E-state index in [-0.39, 0.29) is 18.9 Å². The van der Waals surface area contributed by atoms with Gasteiger partial charge in [0.05, 0.1) is 38.6 Å². The number of nitrogens with one attached hydrogen (secondary N) is 1. The Hall–Kier alpha value is -1.47. The third kappa shape index (κ3) is 23.0. The van der Waals surface area contributed by atoms with Crippen LogP contribution in [0, 0.1) is 0 Å². The highest BCUT2D eigenvalue weighted by Crippen LogP contribution is 2.33. The molecule has 3 aliphatic heterocycles. The van der Waals surface area contributed by atoms with Crippen LogP contribution in [0.2, 0.25) is 0 Å². The Morgan fingerprint density at radius 3 is 1.35 bits per heavy atom. The summed E-state index contributed by atoms with van der Waals surface area (Å²) in [6.45, 7) is 1.72. The van der Waals surface area contributed by atoms with Crippen LogP contribution >= 0.6 is 0 Å². The zero-order valence-electron chi connectivity index (χ0n) is 43.7. The lowest BCUT2D eigenvalue weighted by atomic mass is 9.96. The molecule has 19 nitrogen and oxygen atoms in total. The molecular weight excluding hydrogens is 939 g/mol. The van der Waals surface area contributed by atoms with Crippen molar-refractivity contribution in [3.05, 3.63) is 12.2 Å². The lowest BCUT2D eigenvalue weighted by Gasteiger charge is -2.48. The van der Waals surface area contributed by atoms with E-state index in [1.54, 1.807) is 0 Å². The van der Waals surface area contributed by atoms with Crippen LogP contribution in [-0.4, -0.2) is 193 Å². The van der Waals surface area contributed by atoms with Crippen LogP contribution in [-0.2, 0) is 33.2 Å². The fourth-order valence-electron chi connectivity index (χ4n) is 9.66. The number of unbranched alkanes of at least 4 members (excludes halogenated alkanes) is 22. The van der Waals surface area contributed by atoms with Crippen LogP contribution in [0.4, 0.5) is 0 Å². The number of carbonyl (C=O) groups excluding carboxylic acids is 1. The summed E-state index contributed by atoms with van der Waals surface area (Å²) in [4.78, 5) is 13.2. The highest BCUT2D eigenvalue weighted by molar-refractivity contribution is 5.76. The molecule has 0 aromatic rings. The molecule has 12 N–H and O–H groups in total. The van der Waals surface area contributed by atoms with Gasteiger partial charge in [-0.2, -0.15) is 0 Å². The Balaban J connectivity index is 1.48. The normalized spacial score (nSPS) is 32.0. The second-order valence-corrected chi connectivity index (χ2v) is 20.4. The fourth-order valence-corrected chi connectivity index (χ4v) is 9.66. The quantitative estimate of drug-likeness (QED) is 0.0309. The van der Waals surface area contributed by atoms with Crippen molar-refractivity contribution in [2.24, 2.45) is 0 Å². The zero-order valence-corrected chi connectivity index (χ0v) is 43.7. The number of carbonyl (C=O) groups is 1. The number of hydrogen-bond acceptors (Lipinski definition) is 18. The van der Waals surface area contributed by atoms with Crippen LogP contribution in [0.25, 0.3) is 0 Å². The Morgan fingerprint density at radius 2 is 0.875 bits per heavy atom. The molecule has 3 fully saturated rings. The number of rotatable bonds is 40.